The third kappa shape index (κ3) is 5.83. The molecule has 234 valence electrons. The number of hydrogen-bond acceptors (Lipinski definition) is 4. The normalized spacial score (nSPS) is 17.5. The molecule has 44 heavy (non-hydrogen) atoms. The molecule has 3 heterocycles. The summed E-state index contributed by atoms with van der Waals surface area (Å²) in [5.74, 6) is 0.913. The standard InChI is InChI=1S/C36H45N3O5/c1-3-8-32(41)37-18-15-25(16-19-37)17-20-38(24(2)40)30-12-7-11-29-34-33(26-9-5-4-6-10-26)28-14-13-27(36(42)43)23-31(28)39(34)21-22-44-35(29)30/h7,11-14,23,25-26H,3-6,8-10,15-22H2,1-2H3,(H,42,43). The lowest BCUT2D eigenvalue weighted by molar-refractivity contribution is -0.132. The number of anilines is 1. The number of rotatable bonds is 8. The summed E-state index contributed by atoms with van der Waals surface area (Å²) in [6.45, 7) is 6.89. The second-order valence-corrected chi connectivity index (χ2v) is 12.8. The molecule has 1 aromatic heterocycles. The van der Waals surface area contributed by atoms with Crippen LogP contribution >= 0.6 is 0 Å². The molecule has 2 fully saturated rings. The molecule has 1 saturated carbocycles. The van der Waals surface area contributed by atoms with E-state index in [0.717, 1.165) is 85.2 Å². The molecule has 2 amide bonds. The molecule has 0 atom stereocenters. The van der Waals surface area contributed by atoms with Crippen LogP contribution < -0.4 is 9.64 Å². The first-order chi connectivity index (χ1) is 21.4. The highest BCUT2D eigenvalue weighted by Gasteiger charge is 2.32. The van der Waals surface area contributed by atoms with Gasteiger partial charge in [0.25, 0.3) is 0 Å². The Morgan fingerprint density at radius 3 is 2.48 bits per heavy atom. The molecular weight excluding hydrogens is 554 g/mol. The topological polar surface area (TPSA) is 92.1 Å². The maximum absolute atomic E-state index is 13.2. The molecule has 8 nitrogen and oxygen atoms in total. The van der Waals surface area contributed by atoms with Gasteiger partial charge in [0, 0.05) is 49.4 Å². The molecule has 2 aromatic carbocycles. The average molecular weight is 600 g/mol. The van der Waals surface area contributed by atoms with Gasteiger partial charge >= 0.3 is 5.97 Å². The van der Waals surface area contributed by atoms with Crippen LogP contribution in [0.25, 0.3) is 22.2 Å². The lowest BCUT2D eigenvalue weighted by Crippen LogP contribution is -2.39. The molecule has 0 radical (unpaired) electrons. The third-order valence-corrected chi connectivity index (χ3v) is 10.0. The second-order valence-electron chi connectivity index (χ2n) is 12.8. The van der Waals surface area contributed by atoms with Crippen molar-refractivity contribution < 1.29 is 24.2 Å². The predicted molar refractivity (Wildman–Crippen MR) is 173 cm³/mol. The summed E-state index contributed by atoms with van der Waals surface area (Å²) in [5.41, 5.74) is 5.40. The number of aromatic carboxylic acids is 1. The molecule has 6 rings (SSSR count). The van der Waals surface area contributed by atoms with Gasteiger partial charge in [0.15, 0.2) is 5.75 Å². The van der Waals surface area contributed by atoms with Crippen molar-refractivity contribution in [3.05, 3.63) is 47.5 Å². The summed E-state index contributed by atoms with van der Waals surface area (Å²) < 4.78 is 8.76. The van der Waals surface area contributed by atoms with Crippen molar-refractivity contribution in [3.63, 3.8) is 0 Å². The Balaban J connectivity index is 1.35. The molecule has 0 bridgehead atoms. The third-order valence-electron chi connectivity index (χ3n) is 10.0. The fourth-order valence-corrected chi connectivity index (χ4v) is 7.75. The van der Waals surface area contributed by atoms with E-state index < -0.39 is 5.97 Å². The van der Waals surface area contributed by atoms with Gasteiger partial charge < -0.3 is 24.2 Å². The van der Waals surface area contributed by atoms with E-state index in [1.54, 1.807) is 13.0 Å². The van der Waals surface area contributed by atoms with Gasteiger partial charge in [-0.15, -0.1) is 0 Å². The summed E-state index contributed by atoms with van der Waals surface area (Å²) >= 11 is 0. The van der Waals surface area contributed by atoms with Gasteiger partial charge in [-0.1, -0.05) is 38.3 Å². The molecule has 1 N–H and O–H groups in total. The van der Waals surface area contributed by atoms with Crippen molar-refractivity contribution >= 4 is 34.4 Å². The molecule has 2 aliphatic heterocycles. The van der Waals surface area contributed by atoms with Crippen LogP contribution in [-0.4, -0.2) is 58.6 Å². The number of fused-ring (bicyclic) bond motifs is 5. The van der Waals surface area contributed by atoms with Crippen LogP contribution in [0.2, 0.25) is 0 Å². The van der Waals surface area contributed by atoms with E-state index in [1.807, 2.05) is 41.0 Å². The highest BCUT2D eigenvalue weighted by Crippen LogP contribution is 2.49. The number of carbonyl (C=O) groups is 3. The molecule has 0 spiro atoms. The van der Waals surface area contributed by atoms with Crippen molar-refractivity contribution in [2.24, 2.45) is 5.92 Å². The molecule has 0 unspecified atom stereocenters. The number of carboxylic acids is 1. The molecule has 3 aromatic rings. The van der Waals surface area contributed by atoms with Gasteiger partial charge in [0.1, 0.15) is 6.61 Å². The molecular formula is C36H45N3O5. The van der Waals surface area contributed by atoms with Crippen molar-refractivity contribution in [2.45, 2.75) is 90.5 Å². The van der Waals surface area contributed by atoms with Crippen LogP contribution in [-0.2, 0) is 16.1 Å². The number of likely N-dealkylation sites (tertiary alicyclic amines) is 1. The first kappa shape index (κ1) is 30.2. The lowest BCUT2D eigenvalue weighted by Gasteiger charge is -2.33. The minimum Gasteiger partial charge on any atom is -0.489 e. The maximum atomic E-state index is 13.2. The average Bonchev–Trinajstić information content (AvgIpc) is 3.22. The monoisotopic (exact) mass is 599 g/mol. The Labute approximate surface area is 260 Å². The van der Waals surface area contributed by atoms with E-state index in [1.165, 1.54) is 24.8 Å². The smallest absolute Gasteiger partial charge is 0.335 e. The Morgan fingerprint density at radius 2 is 1.77 bits per heavy atom. The van der Waals surface area contributed by atoms with E-state index in [4.69, 9.17) is 4.74 Å². The number of nitrogens with zero attached hydrogens (tertiary/aromatic N) is 3. The molecule has 3 aliphatic rings. The molecule has 8 heteroatoms. The summed E-state index contributed by atoms with van der Waals surface area (Å²) in [6, 6.07) is 11.6. The Hall–Kier alpha value is -3.81. The number of carbonyl (C=O) groups excluding carboxylic acids is 2. The zero-order valence-corrected chi connectivity index (χ0v) is 26.1. The van der Waals surface area contributed by atoms with E-state index in [-0.39, 0.29) is 17.4 Å². The van der Waals surface area contributed by atoms with Gasteiger partial charge in [0.2, 0.25) is 11.8 Å². The Bertz CT molecular complexity index is 1540. The van der Waals surface area contributed by atoms with Crippen LogP contribution in [0.1, 0.15) is 99.9 Å². The number of benzene rings is 2. The number of ether oxygens (including phenoxy) is 1. The fourth-order valence-electron chi connectivity index (χ4n) is 7.75. The quantitative estimate of drug-likeness (QED) is 0.295. The van der Waals surface area contributed by atoms with Crippen LogP contribution in [0.3, 0.4) is 0 Å². The first-order valence-corrected chi connectivity index (χ1v) is 16.6. The number of hydrogen-bond donors (Lipinski definition) is 1. The molecule has 1 saturated heterocycles. The number of carboxylic acid groups (broad SMARTS) is 1. The zero-order valence-electron chi connectivity index (χ0n) is 26.1. The largest absolute Gasteiger partial charge is 0.489 e. The Morgan fingerprint density at radius 1 is 1.00 bits per heavy atom. The van der Waals surface area contributed by atoms with Gasteiger partial charge in [0.05, 0.1) is 23.5 Å². The van der Waals surface area contributed by atoms with Crippen molar-refractivity contribution in [3.8, 4) is 17.0 Å². The SMILES string of the molecule is CCCC(=O)N1CCC(CCN(C(C)=O)c2cccc3c2OCCn2c-3c(C3CCCCC3)c3ccc(C(=O)O)cc32)CC1. The van der Waals surface area contributed by atoms with Gasteiger partial charge in [-0.2, -0.15) is 0 Å². The number of para-hydroxylation sites is 1. The van der Waals surface area contributed by atoms with Crippen LogP contribution in [0.5, 0.6) is 5.75 Å². The number of amides is 2. The van der Waals surface area contributed by atoms with Crippen molar-refractivity contribution in [2.75, 3.05) is 31.1 Å². The maximum Gasteiger partial charge on any atom is 0.335 e. The number of piperidine rings is 1. The summed E-state index contributed by atoms with van der Waals surface area (Å²) in [7, 11) is 0. The first-order valence-electron chi connectivity index (χ1n) is 16.6. The second kappa shape index (κ2) is 13.0. The Kier molecular flexibility index (Phi) is 8.96. The number of aromatic nitrogens is 1. The van der Waals surface area contributed by atoms with Crippen LogP contribution in [0, 0.1) is 5.92 Å². The van der Waals surface area contributed by atoms with Crippen LogP contribution in [0.4, 0.5) is 5.69 Å². The van der Waals surface area contributed by atoms with Gasteiger partial charge in [-0.25, -0.2) is 4.79 Å². The van der Waals surface area contributed by atoms with E-state index in [9.17, 15) is 19.5 Å². The van der Waals surface area contributed by atoms with Crippen molar-refractivity contribution in [1.29, 1.82) is 0 Å². The highest BCUT2D eigenvalue weighted by molar-refractivity contribution is 6.00. The van der Waals surface area contributed by atoms with Crippen LogP contribution in [0.15, 0.2) is 36.4 Å². The molecule has 1 aliphatic carbocycles. The fraction of sp³-hybridized carbons (Fsp3) is 0.528. The van der Waals surface area contributed by atoms with Crippen molar-refractivity contribution in [1.82, 2.24) is 9.47 Å². The van der Waals surface area contributed by atoms with E-state index >= 15 is 0 Å². The van der Waals surface area contributed by atoms with E-state index in [2.05, 4.69) is 10.6 Å². The van der Waals surface area contributed by atoms with Gasteiger partial charge in [-0.05, 0) is 80.2 Å². The lowest BCUT2D eigenvalue weighted by atomic mass is 9.81. The van der Waals surface area contributed by atoms with Gasteiger partial charge in [-0.3, -0.25) is 9.59 Å². The summed E-state index contributed by atoms with van der Waals surface area (Å²) in [4.78, 5) is 41.3. The minimum absolute atomic E-state index is 0.0130. The highest BCUT2D eigenvalue weighted by atomic mass is 16.5. The summed E-state index contributed by atoms with van der Waals surface area (Å²) in [5, 5.41) is 10.9. The zero-order chi connectivity index (χ0) is 30.8. The van der Waals surface area contributed by atoms with E-state index in [0.29, 0.717) is 38.0 Å². The summed E-state index contributed by atoms with van der Waals surface area (Å²) in [6.07, 6.45) is 10.2. The minimum atomic E-state index is -0.926. The predicted octanol–water partition coefficient (Wildman–Crippen LogP) is 7.23.